The minimum Gasteiger partial charge on any atom is -0.493 e. The van der Waals surface area contributed by atoms with Crippen molar-refractivity contribution in [3.05, 3.63) is 304 Å². The molecule has 0 saturated heterocycles. The SMILES string of the molecule is C(#Cc1cc(C#Cc2ccncc2)cc(OCCc2cc(OCc3cc(OCc4ccccc4)cc(OCc4ccccc4)c3)cc(OCc3cc(OCc4ccccc4)cc(OCc4ccccc4)c3)c2)c1)c1ccncc1. The molecular weight excluding hydrogens is 981 g/mol. The lowest BCUT2D eigenvalue weighted by Crippen LogP contribution is -2.05. The maximum Gasteiger partial charge on any atom is 0.123 e. The van der Waals surface area contributed by atoms with E-state index in [1.807, 2.05) is 218 Å². The molecule has 0 unspecified atom stereocenters. The summed E-state index contributed by atoms with van der Waals surface area (Å²) >= 11 is 0. The normalized spacial score (nSPS) is 10.5. The van der Waals surface area contributed by atoms with Gasteiger partial charge in [-0.05, 0) is 118 Å². The van der Waals surface area contributed by atoms with E-state index in [9.17, 15) is 0 Å². The van der Waals surface area contributed by atoms with Gasteiger partial charge in [0, 0.05) is 71.7 Å². The number of aromatic nitrogens is 2. The Labute approximate surface area is 462 Å². The van der Waals surface area contributed by atoms with Gasteiger partial charge in [0.1, 0.15) is 79.9 Å². The summed E-state index contributed by atoms with van der Waals surface area (Å²) in [7, 11) is 0. The Kier molecular flexibility index (Phi) is 18.2. The van der Waals surface area contributed by atoms with E-state index < -0.39 is 0 Å². The van der Waals surface area contributed by atoms with Crippen LogP contribution in [-0.2, 0) is 46.1 Å². The first kappa shape index (κ1) is 52.2. The molecule has 388 valence electrons. The average molecular weight is 1040 g/mol. The third-order valence-corrected chi connectivity index (χ3v) is 12.3. The number of pyridine rings is 2. The Bertz CT molecular complexity index is 3300. The molecule has 0 fully saturated rings. The van der Waals surface area contributed by atoms with Gasteiger partial charge in [-0.2, -0.15) is 0 Å². The predicted octanol–water partition coefficient (Wildman–Crippen LogP) is 14.4. The molecule has 9 heteroatoms. The summed E-state index contributed by atoms with van der Waals surface area (Å²) in [6.45, 7) is 2.40. The van der Waals surface area contributed by atoms with Gasteiger partial charge < -0.3 is 33.2 Å². The highest BCUT2D eigenvalue weighted by atomic mass is 16.5. The smallest absolute Gasteiger partial charge is 0.123 e. The Morgan fingerprint density at radius 3 is 0.848 bits per heavy atom. The first-order chi connectivity index (χ1) is 39.0. The van der Waals surface area contributed by atoms with E-state index in [0.29, 0.717) is 79.7 Å². The fourth-order valence-electron chi connectivity index (χ4n) is 8.27. The quantitative estimate of drug-likeness (QED) is 0.0616. The highest BCUT2D eigenvalue weighted by Crippen LogP contribution is 2.31. The van der Waals surface area contributed by atoms with Crippen LogP contribution in [0.3, 0.4) is 0 Å². The van der Waals surface area contributed by atoms with Crippen LogP contribution in [0, 0.1) is 23.7 Å². The summed E-state index contributed by atoms with van der Waals surface area (Å²) in [5.74, 6) is 17.6. The summed E-state index contributed by atoms with van der Waals surface area (Å²) in [6, 6.07) is 71.4. The number of ether oxygens (including phenoxy) is 7. The van der Waals surface area contributed by atoms with E-state index in [1.165, 1.54) is 0 Å². The molecule has 0 spiro atoms. The van der Waals surface area contributed by atoms with Crippen LogP contribution in [0.4, 0.5) is 0 Å². The molecule has 2 aromatic heterocycles. The number of rotatable bonds is 22. The molecule has 8 aromatic carbocycles. The van der Waals surface area contributed by atoms with Crippen LogP contribution in [0.5, 0.6) is 40.2 Å². The lowest BCUT2D eigenvalue weighted by Gasteiger charge is -2.16. The third-order valence-electron chi connectivity index (χ3n) is 12.3. The molecule has 0 radical (unpaired) electrons. The summed E-state index contributed by atoms with van der Waals surface area (Å²) in [5.41, 5.74) is 10.2. The highest BCUT2D eigenvalue weighted by molar-refractivity contribution is 5.53. The van der Waals surface area contributed by atoms with Gasteiger partial charge in [-0.1, -0.05) is 145 Å². The topological polar surface area (TPSA) is 90.4 Å². The van der Waals surface area contributed by atoms with Crippen molar-refractivity contribution in [3.63, 3.8) is 0 Å². The number of nitrogens with zero attached hydrogens (tertiary/aromatic N) is 2. The molecular formula is C70H56N2O7. The molecule has 10 rings (SSSR count). The number of hydrogen-bond donors (Lipinski definition) is 0. The van der Waals surface area contributed by atoms with Crippen LogP contribution in [0.1, 0.15) is 61.2 Å². The van der Waals surface area contributed by atoms with Crippen molar-refractivity contribution in [1.29, 1.82) is 0 Å². The molecule has 9 nitrogen and oxygen atoms in total. The first-order valence-electron chi connectivity index (χ1n) is 26.0. The molecule has 0 N–H and O–H groups in total. The minimum absolute atomic E-state index is 0.225. The predicted molar refractivity (Wildman–Crippen MR) is 307 cm³/mol. The Morgan fingerprint density at radius 2 is 0.519 bits per heavy atom. The van der Waals surface area contributed by atoms with Crippen LogP contribution in [0.25, 0.3) is 0 Å². The molecule has 0 aliphatic heterocycles. The minimum atomic E-state index is 0.225. The van der Waals surface area contributed by atoms with Crippen LogP contribution in [0.15, 0.2) is 243 Å². The molecule has 0 bridgehead atoms. The number of hydrogen-bond acceptors (Lipinski definition) is 9. The van der Waals surface area contributed by atoms with Crippen molar-refractivity contribution in [3.8, 4) is 63.9 Å². The van der Waals surface area contributed by atoms with Gasteiger partial charge in [0.05, 0.1) is 6.61 Å². The standard InChI is InChI=1S/C70H56N2O7/c1-5-13-55(14-6-1)47-74-67-40-62(41-68(45-67)75-48-56-15-7-2-8-16-56)51-78-65-38-61(29-34-73-64-36-59(23-21-53-25-30-71-31-26-53)35-60(37-64)24-22-54-27-32-72-33-28-54)39-66(44-65)79-52-63-42-69(76-49-57-17-9-3-10-18-57)46-70(43-63)77-50-58-19-11-4-12-20-58/h1-20,25-28,30-33,35-46H,29,34,47-52H2. The van der Waals surface area contributed by atoms with E-state index in [4.69, 9.17) is 33.2 Å². The van der Waals surface area contributed by atoms with Crippen molar-refractivity contribution in [2.75, 3.05) is 6.61 Å². The van der Waals surface area contributed by atoms with Crippen molar-refractivity contribution >= 4 is 0 Å². The van der Waals surface area contributed by atoms with E-state index in [2.05, 4.69) is 33.6 Å². The fourth-order valence-corrected chi connectivity index (χ4v) is 8.27. The molecule has 0 atom stereocenters. The van der Waals surface area contributed by atoms with E-state index in [1.54, 1.807) is 24.8 Å². The second-order valence-corrected chi connectivity index (χ2v) is 18.4. The van der Waals surface area contributed by atoms with E-state index in [-0.39, 0.29) is 13.2 Å². The summed E-state index contributed by atoms with van der Waals surface area (Å²) in [5, 5.41) is 0. The second-order valence-electron chi connectivity index (χ2n) is 18.4. The van der Waals surface area contributed by atoms with E-state index >= 15 is 0 Å². The van der Waals surface area contributed by atoms with Gasteiger partial charge in [0.15, 0.2) is 0 Å². The maximum absolute atomic E-state index is 6.66. The van der Waals surface area contributed by atoms with Crippen LogP contribution in [0.2, 0.25) is 0 Å². The van der Waals surface area contributed by atoms with Crippen molar-refractivity contribution in [1.82, 2.24) is 9.97 Å². The van der Waals surface area contributed by atoms with Gasteiger partial charge in [-0.25, -0.2) is 0 Å². The summed E-state index contributed by atoms with van der Waals surface area (Å²) < 4.78 is 45.2. The summed E-state index contributed by atoms with van der Waals surface area (Å²) in [4.78, 5) is 8.25. The number of benzene rings is 8. The zero-order chi connectivity index (χ0) is 53.5. The molecule has 10 aromatic rings. The molecule has 0 aliphatic carbocycles. The maximum atomic E-state index is 6.66. The van der Waals surface area contributed by atoms with Gasteiger partial charge in [0.25, 0.3) is 0 Å². The lowest BCUT2D eigenvalue weighted by atomic mass is 10.1. The average Bonchev–Trinajstić information content (AvgIpc) is 3.51. The van der Waals surface area contributed by atoms with Crippen LogP contribution in [-0.4, -0.2) is 16.6 Å². The fraction of sp³-hybridized carbons (Fsp3) is 0.114. The van der Waals surface area contributed by atoms with Gasteiger partial charge in [-0.15, -0.1) is 0 Å². The summed E-state index contributed by atoms with van der Waals surface area (Å²) in [6.07, 6.45) is 7.44. The molecule has 0 aliphatic rings. The van der Waals surface area contributed by atoms with Gasteiger partial charge in [0.2, 0.25) is 0 Å². The Hall–Kier alpha value is -10.2. The first-order valence-corrected chi connectivity index (χ1v) is 26.0. The lowest BCUT2D eigenvalue weighted by molar-refractivity contribution is 0.275. The van der Waals surface area contributed by atoms with Gasteiger partial charge >= 0.3 is 0 Å². The Morgan fingerprint density at radius 1 is 0.241 bits per heavy atom. The van der Waals surface area contributed by atoms with Crippen LogP contribution >= 0.6 is 0 Å². The van der Waals surface area contributed by atoms with E-state index in [0.717, 1.165) is 61.2 Å². The van der Waals surface area contributed by atoms with Crippen LogP contribution < -0.4 is 33.2 Å². The monoisotopic (exact) mass is 1040 g/mol. The highest BCUT2D eigenvalue weighted by Gasteiger charge is 2.12. The van der Waals surface area contributed by atoms with Crippen molar-refractivity contribution in [2.45, 2.75) is 46.1 Å². The zero-order valence-corrected chi connectivity index (χ0v) is 43.5. The molecule has 0 saturated carbocycles. The Balaban J connectivity index is 0.910. The largest absolute Gasteiger partial charge is 0.493 e. The molecule has 2 heterocycles. The van der Waals surface area contributed by atoms with Crippen molar-refractivity contribution in [2.24, 2.45) is 0 Å². The van der Waals surface area contributed by atoms with Gasteiger partial charge in [-0.3, -0.25) is 9.97 Å². The molecule has 79 heavy (non-hydrogen) atoms. The second kappa shape index (κ2) is 27.5. The molecule has 0 amide bonds. The van der Waals surface area contributed by atoms with Crippen molar-refractivity contribution < 1.29 is 33.2 Å². The zero-order valence-electron chi connectivity index (χ0n) is 43.5. The third kappa shape index (κ3) is 16.9.